The molecule has 0 unspecified atom stereocenters. The van der Waals surface area contributed by atoms with E-state index in [1.807, 2.05) is 0 Å². The number of hydrogen-bond acceptors (Lipinski definition) is 2. The van der Waals surface area contributed by atoms with Gasteiger partial charge in [-0.3, -0.25) is 4.79 Å². The van der Waals surface area contributed by atoms with Gasteiger partial charge in [0, 0.05) is 18.8 Å². The van der Waals surface area contributed by atoms with Crippen molar-refractivity contribution in [3.63, 3.8) is 0 Å². The average Bonchev–Trinajstić information content (AvgIpc) is 2.08. The van der Waals surface area contributed by atoms with Crippen LogP contribution in [0, 0.1) is 6.92 Å². The van der Waals surface area contributed by atoms with Crippen molar-refractivity contribution in [1.82, 2.24) is 4.57 Å². The highest BCUT2D eigenvalue weighted by atomic mass is 19.3. The Morgan fingerprint density at radius 3 is 2.53 bits per heavy atom. The fourth-order valence-corrected chi connectivity index (χ4v) is 1.37. The van der Waals surface area contributed by atoms with Crippen LogP contribution >= 0.6 is 0 Å². The number of rotatable bonds is 2. The number of aryl methyl sites for hydroxylation is 1. The van der Waals surface area contributed by atoms with Gasteiger partial charge in [0.15, 0.2) is 5.75 Å². The predicted octanol–water partition coefficient (Wildman–Crippen LogP) is 1.60. The van der Waals surface area contributed by atoms with Crippen LogP contribution in [0.25, 0.3) is 0 Å². The van der Waals surface area contributed by atoms with E-state index < -0.39 is 23.5 Å². The Labute approximate surface area is 86.0 Å². The van der Waals surface area contributed by atoms with Gasteiger partial charge < -0.3 is 9.67 Å². The molecular formula is C10H13F2NO2. The van der Waals surface area contributed by atoms with Crippen molar-refractivity contribution in [2.24, 2.45) is 7.05 Å². The molecule has 0 fully saturated rings. The molecule has 0 aliphatic rings. The second kappa shape index (κ2) is 3.64. The minimum atomic E-state index is -2.95. The molecule has 5 heteroatoms. The van der Waals surface area contributed by atoms with E-state index in [0.717, 1.165) is 6.92 Å². The van der Waals surface area contributed by atoms with Crippen molar-refractivity contribution in [2.75, 3.05) is 0 Å². The summed E-state index contributed by atoms with van der Waals surface area (Å²) in [6, 6.07) is 1.21. The van der Waals surface area contributed by atoms with Crippen LogP contribution in [0.15, 0.2) is 10.9 Å². The van der Waals surface area contributed by atoms with E-state index >= 15 is 0 Å². The maximum atomic E-state index is 12.8. The fraction of sp³-hybridized carbons (Fsp3) is 0.500. The first kappa shape index (κ1) is 11.7. The second-order valence-corrected chi connectivity index (χ2v) is 3.75. The van der Waals surface area contributed by atoms with Crippen LogP contribution in [0.1, 0.15) is 18.3 Å². The van der Waals surface area contributed by atoms with Crippen molar-refractivity contribution >= 4 is 0 Å². The molecule has 1 aromatic heterocycles. The number of aromatic hydroxyl groups is 1. The Morgan fingerprint density at radius 1 is 1.53 bits per heavy atom. The Bertz CT molecular complexity index is 432. The summed E-state index contributed by atoms with van der Waals surface area (Å²) < 4.78 is 27.0. The highest BCUT2D eigenvalue weighted by molar-refractivity contribution is 5.30. The highest BCUT2D eigenvalue weighted by Crippen LogP contribution is 2.23. The Morgan fingerprint density at radius 2 is 2.07 bits per heavy atom. The third kappa shape index (κ3) is 2.55. The molecule has 1 N–H and O–H groups in total. The number of hydrogen-bond donors (Lipinski definition) is 1. The van der Waals surface area contributed by atoms with Crippen molar-refractivity contribution in [3.05, 3.63) is 27.7 Å². The van der Waals surface area contributed by atoms with E-state index in [9.17, 15) is 18.7 Å². The molecule has 0 saturated carbocycles. The summed E-state index contributed by atoms with van der Waals surface area (Å²) in [5.74, 6) is -3.54. The topological polar surface area (TPSA) is 42.2 Å². The zero-order chi connectivity index (χ0) is 11.8. The zero-order valence-corrected chi connectivity index (χ0v) is 8.84. The SMILES string of the molecule is Cc1cc(=O)c(O)c(CC(C)(F)F)n1C. The summed E-state index contributed by atoms with van der Waals surface area (Å²) >= 11 is 0. The van der Waals surface area contributed by atoms with Crippen molar-refractivity contribution in [2.45, 2.75) is 26.2 Å². The molecule has 0 saturated heterocycles. The molecule has 1 rings (SSSR count). The lowest BCUT2D eigenvalue weighted by Crippen LogP contribution is -2.21. The van der Waals surface area contributed by atoms with Gasteiger partial charge in [0.05, 0.1) is 12.1 Å². The Balaban J connectivity index is 3.34. The summed E-state index contributed by atoms with van der Waals surface area (Å²) in [5, 5.41) is 9.40. The summed E-state index contributed by atoms with van der Waals surface area (Å²) in [6.45, 7) is 2.37. The lowest BCUT2D eigenvalue weighted by Gasteiger charge is -2.16. The summed E-state index contributed by atoms with van der Waals surface area (Å²) in [6.07, 6.45) is -0.647. The van der Waals surface area contributed by atoms with Gasteiger partial charge in [0.25, 0.3) is 5.92 Å². The van der Waals surface area contributed by atoms with Gasteiger partial charge in [-0.15, -0.1) is 0 Å². The number of pyridine rings is 1. The van der Waals surface area contributed by atoms with E-state index in [4.69, 9.17) is 0 Å². The molecule has 84 valence electrons. The minimum absolute atomic E-state index is 0.0347. The smallest absolute Gasteiger partial charge is 0.250 e. The fourth-order valence-electron chi connectivity index (χ4n) is 1.37. The zero-order valence-electron chi connectivity index (χ0n) is 8.84. The second-order valence-electron chi connectivity index (χ2n) is 3.75. The number of aromatic nitrogens is 1. The van der Waals surface area contributed by atoms with E-state index in [0.29, 0.717) is 5.69 Å². The monoisotopic (exact) mass is 217 g/mol. The highest BCUT2D eigenvalue weighted by Gasteiger charge is 2.26. The first-order valence-corrected chi connectivity index (χ1v) is 4.48. The Hall–Kier alpha value is -1.39. The number of nitrogens with zero attached hydrogens (tertiary/aromatic N) is 1. The molecule has 0 amide bonds. The lowest BCUT2D eigenvalue weighted by molar-refractivity contribution is 0.0201. The maximum Gasteiger partial charge on any atom is 0.250 e. The third-order valence-corrected chi connectivity index (χ3v) is 2.26. The van der Waals surface area contributed by atoms with Crippen LogP contribution in [-0.4, -0.2) is 15.6 Å². The van der Waals surface area contributed by atoms with Gasteiger partial charge >= 0.3 is 0 Å². The third-order valence-electron chi connectivity index (χ3n) is 2.26. The van der Waals surface area contributed by atoms with Gasteiger partial charge in [-0.1, -0.05) is 0 Å². The molecule has 3 nitrogen and oxygen atoms in total. The van der Waals surface area contributed by atoms with E-state index in [1.165, 1.54) is 17.7 Å². The van der Waals surface area contributed by atoms with E-state index in [-0.39, 0.29) is 5.69 Å². The number of halogens is 2. The average molecular weight is 217 g/mol. The molecule has 0 atom stereocenters. The molecule has 0 aliphatic heterocycles. The molecule has 15 heavy (non-hydrogen) atoms. The molecule has 1 aromatic rings. The maximum absolute atomic E-state index is 12.8. The summed E-state index contributed by atoms with van der Waals surface area (Å²) in [5.41, 5.74) is -0.116. The summed E-state index contributed by atoms with van der Waals surface area (Å²) in [4.78, 5) is 11.2. The standard InChI is InChI=1S/C10H13F2NO2/c1-6-4-8(14)9(15)7(13(6)3)5-10(2,11)12/h4,15H,5H2,1-3H3. The molecule has 0 bridgehead atoms. The van der Waals surface area contributed by atoms with Crippen LogP contribution in [0.4, 0.5) is 8.78 Å². The van der Waals surface area contributed by atoms with Gasteiger partial charge in [-0.2, -0.15) is 0 Å². The Kier molecular flexibility index (Phi) is 2.83. The minimum Gasteiger partial charge on any atom is -0.503 e. The molecule has 0 radical (unpaired) electrons. The first-order chi connectivity index (χ1) is 6.72. The van der Waals surface area contributed by atoms with Crippen LogP contribution in [0.5, 0.6) is 5.75 Å². The molecular weight excluding hydrogens is 204 g/mol. The van der Waals surface area contributed by atoms with Crippen LogP contribution in [0.2, 0.25) is 0 Å². The van der Waals surface area contributed by atoms with E-state index in [1.54, 1.807) is 6.92 Å². The molecule has 0 aromatic carbocycles. The normalized spacial score (nSPS) is 11.8. The quantitative estimate of drug-likeness (QED) is 0.817. The van der Waals surface area contributed by atoms with Gasteiger partial charge in [-0.25, -0.2) is 8.78 Å². The van der Waals surface area contributed by atoms with E-state index in [2.05, 4.69) is 0 Å². The van der Waals surface area contributed by atoms with Gasteiger partial charge in [0.1, 0.15) is 0 Å². The van der Waals surface area contributed by atoms with Crippen LogP contribution < -0.4 is 5.43 Å². The van der Waals surface area contributed by atoms with Crippen molar-refractivity contribution < 1.29 is 13.9 Å². The van der Waals surface area contributed by atoms with Crippen molar-refractivity contribution in [1.29, 1.82) is 0 Å². The molecule has 0 aliphatic carbocycles. The van der Waals surface area contributed by atoms with Crippen LogP contribution in [-0.2, 0) is 13.5 Å². The van der Waals surface area contributed by atoms with Gasteiger partial charge in [0.2, 0.25) is 5.43 Å². The summed E-state index contributed by atoms with van der Waals surface area (Å²) in [7, 11) is 1.54. The lowest BCUT2D eigenvalue weighted by atomic mass is 10.1. The van der Waals surface area contributed by atoms with Crippen LogP contribution in [0.3, 0.4) is 0 Å². The molecule has 0 spiro atoms. The number of alkyl halides is 2. The first-order valence-electron chi connectivity index (χ1n) is 4.48. The van der Waals surface area contributed by atoms with Gasteiger partial charge in [-0.05, 0) is 13.8 Å². The van der Waals surface area contributed by atoms with Crippen molar-refractivity contribution in [3.8, 4) is 5.75 Å². The molecule has 1 heterocycles. The predicted molar refractivity (Wildman–Crippen MR) is 52.4 cm³/mol. The largest absolute Gasteiger partial charge is 0.503 e.